The molecular weight excluding hydrogens is 380 g/mol. The van der Waals surface area contributed by atoms with E-state index in [2.05, 4.69) is 33.5 Å². The van der Waals surface area contributed by atoms with Crippen molar-refractivity contribution in [1.29, 1.82) is 0 Å². The zero-order valence-corrected chi connectivity index (χ0v) is 17.1. The van der Waals surface area contributed by atoms with Crippen LogP contribution in [0.25, 0.3) is 33.8 Å². The van der Waals surface area contributed by atoms with Crippen molar-refractivity contribution >= 4 is 16.7 Å². The van der Waals surface area contributed by atoms with Gasteiger partial charge < -0.3 is 9.47 Å². The molecule has 0 unspecified atom stereocenters. The molecule has 8 heteroatoms. The zero-order valence-electron chi connectivity index (χ0n) is 17.1. The van der Waals surface area contributed by atoms with Crippen molar-refractivity contribution in [2.45, 2.75) is 13.8 Å². The molecule has 0 saturated heterocycles. The Morgan fingerprint density at radius 1 is 0.967 bits per heavy atom. The third-order valence-electron chi connectivity index (χ3n) is 5.38. The minimum absolute atomic E-state index is 0.594. The highest BCUT2D eigenvalue weighted by molar-refractivity contribution is 5.95. The van der Waals surface area contributed by atoms with Crippen LogP contribution < -0.4 is 9.47 Å². The number of pyridine rings is 1. The van der Waals surface area contributed by atoms with Crippen LogP contribution in [0.4, 0.5) is 0 Å². The summed E-state index contributed by atoms with van der Waals surface area (Å²) < 4.78 is 14.6. The molecule has 5 aromatic rings. The molecule has 0 aliphatic rings. The maximum absolute atomic E-state index is 5.42. The van der Waals surface area contributed by atoms with Gasteiger partial charge in [-0.3, -0.25) is 9.55 Å². The Hall–Kier alpha value is -3.94. The van der Waals surface area contributed by atoms with E-state index in [4.69, 9.17) is 14.5 Å². The van der Waals surface area contributed by atoms with Crippen LogP contribution in [0.3, 0.4) is 0 Å². The first-order valence-corrected chi connectivity index (χ1v) is 9.48. The normalized spacial score (nSPS) is 11.3. The lowest BCUT2D eigenvalue weighted by Gasteiger charge is -2.07. The molecule has 0 bridgehead atoms. The van der Waals surface area contributed by atoms with Gasteiger partial charge in [0.2, 0.25) is 0 Å². The Bertz CT molecular complexity index is 1390. The summed E-state index contributed by atoms with van der Waals surface area (Å²) in [6, 6.07) is 9.57. The average Bonchev–Trinajstić information content (AvgIpc) is 3.33. The van der Waals surface area contributed by atoms with Gasteiger partial charge in [0.1, 0.15) is 6.33 Å². The van der Waals surface area contributed by atoms with Crippen LogP contribution >= 0.6 is 0 Å². The van der Waals surface area contributed by atoms with E-state index in [9.17, 15) is 0 Å². The van der Waals surface area contributed by atoms with Crippen molar-refractivity contribution in [2.24, 2.45) is 0 Å². The van der Waals surface area contributed by atoms with Crippen molar-refractivity contribution in [3.8, 4) is 28.6 Å². The number of aromatic nitrogens is 6. The quantitative estimate of drug-likeness (QED) is 0.457. The van der Waals surface area contributed by atoms with E-state index in [0.717, 1.165) is 39.2 Å². The monoisotopic (exact) mass is 400 g/mol. The fourth-order valence-corrected chi connectivity index (χ4v) is 3.76. The minimum Gasteiger partial charge on any atom is -0.493 e. The molecule has 1 aromatic carbocycles. The Balaban J connectivity index is 1.74. The number of hydrogen-bond donors (Lipinski definition) is 0. The molecule has 0 N–H and O–H groups in total. The summed E-state index contributed by atoms with van der Waals surface area (Å²) in [4.78, 5) is 13.8. The highest BCUT2D eigenvalue weighted by Crippen LogP contribution is 2.33. The molecule has 0 atom stereocenters. The summed E-state index contributed by atoms with van der Waals surface area (Å²) in [5.41, 5.74) is 5.59. The first-order chi connectivity index (χ1) is 14.6. The van der Waals surface area contributed by atoms with Crippen LogP contribution in [0, 0.1) is 13.8 Å². The average molecular weight is 400 g/mol. The largest absolute Gasteiger partial charge is 0.493 e. The van der Waals surface area contributed by atoms with Gasteiger partial charge in [-0.05, 0) is 49.7 Å². The molecule has 0 spiro atoms. The summed E-state index contributed by atoms with van der Waals surface area (Å²) in [6.07, 6.45) is 5.29. The van der Waals surface area contributed by atoms with E-state index in [1.54, 1.807) is 31.3 Å². The van der Waals surface area contributed by atoms with E-state index in [0.29, 0.717) is 17.3 Å². The van der Waals surface area contributed by atoms with Crippen molar-refractivity contribution in [2.75, 3.05) is 14.2 Å². The molecule has 150 valence electrons. The van der Waals surface area contributed by atoms with E-state index < -0.39 is 0 Å². The first kappa shape index (κ1) is 18.1. The minimum atomic E-state index is 0.594. The highest BCUT2D eigenvalue weighted by Gasteiger charge is 2.19. The van der Waals surface area contributed by atoms with Gasteiger partial charge in [-0.15, -0.1) is 5.10 Å². The van der Waals surface area contributed by atoms with Gasteiger partial charge in [0.25, 0.3) is 0 Å². The molecule has 5 rings (SSSR count). The predicted molar refractivity (Wildman–Crippen MR) is 113 cm³/mol. The third kappa shape index (κ3) is 2.61. The number of nitrogens with zero attached hydrogens (tertiary/aromatic N) is 6. The summed E-state index contributed by atoms with van der Waals surface area (Å²) in [5.74, 6) is 1.89. The summed E-state index contributed by atoms with van der Waals surface area (Å²) in [7, 11) is 3.22. The van der Waals surface area contributed by atoms with Gasteiger partial charge >= 0.3 is 0 Å². The molecule has 4 heterocycles. The smallest absolute Gasteiger partial charge is 0.182 e. The van der Waals surface area contributed by atoms with Crippen LogP contribution in [-0.4, -0.2) is 43.4 Å². The Kier molecular flexibility index (Phi) is 4.13. The Morgan fingerprint density at radius 3 is 2.53 bits per heavy atom. The molecule has 0 fully saturated rings. The maximum atomic E-state index is 5.42. The summed E-state index contributed by atoms with van der Waals surface area (Å²) >= 11 is 0. The Labute approximate surface area is 172 Å². The second-order valence-corrected chi connectivity index (χ2v) is 6.97. The molecule has 30 heavy (non-hydrogen) atoms. The van der Waals surface area contributed by atoms with E-state index in [1.165, 1.54) is 0 Å². The van der Waals surface area contributed by atoms with E-state index in [-0.39, 0.29) is 0 Å². The topological polar surface area (TPSA) is 79.4 Å². The number of benzene rings is 1. The number of fused-ring (bicyclic) bond motifs is 3. The van der Waals surface area contributed by atoms with Crippen LogP contribution in [0.2, 0.25) is 0 Å². The van der Waals surface area contributed by atoms with Gasteiger partial charge in [-0.2, -0.15) is 0 Å². The van der Waals surface area contributed by atoms with Gasteiger partial charge in [-0.25, -0.2) is 14.5 Å². The van der Waals surface area contributed by atoms with Crippen LogP contribution in [-0.2, 0) is 0 Å². The molecule has 0 aliphatic heterocycles. The fraction of sp³-hybridized carbons (Fsp3) is 0.182. The van der Waals surface area contributed by atoms with E-state index >= 15 is 0 Å². The van der Waals surface area contributed by atoms with Gasteiger partial charge in [0.15, 0.2) is 28.6 Å². The molecule has 0 radical (unpaired) electrons. The van der Waals surface area contributed by atoms with Crippen molar-refractivity contribution < 1.29 is 9.47 Å². The standard InChI is InChI=1S/C22H20N6O2/c1-13-14(2)28(16-6-5-9-23-11-16)21-19(13)22-25-20(26-27(22)12-24-21)15-7-8-17(29-3)18(10-15)30-4/h5-12H,1-4H3. The van der Waals surface area contributed by atoms with Gasteiger partial charge in [0, 0.05) is 17.5 Å². The van der Waals surface area contributed by atoms with Crippen LogP contribution in [0.1, 0.15) is 11.3 Å². The second-order valence-electron chi connectivity index (χ2n) is 6.97. The molecular formula is C22H20N6O2. The van der Waals surface area contributed by atoms with Crippen molar-refractivity contribution in [1.82, 2.24) is 29.1 Å². The lowest BCUT2D eigenvalue weighted by Crippen LogP contribution is -1.99. The number of ether oxygens (including phenoxy) is 2. The van der Waals surface area contributed by atoms with Crippen molar-refractivity contribution in [3.05, 3.63) is 60.3 Å². The third-order valence-corrected chi connectivity index (χ3v) is 5.38. The van der Waals surface area contributed by atoms with Crippen LogP contribution in [0.5, 0.6) is 11.5 Å². The number of rotatable bonds is 4. The Morgan fingerprint density at radius 2 is 1.80 bits per heavy atom. The molecule has 4 aromatic heterocycles. The molecule has 0 saturated carbocycles. The first-order valence-electron chi connectivity index (χ1n) is 9.48. The SMILES string of the molecule is COc1ccc(-c2nc3c4c(C)c(C)n(-c5cccnc5)c4ncn3n2)cc1OC. The number of methoxy groups -OCH3 is 2. The fourth-order valence-electron chi connectivity index (χ4n) is 3.76. The maximum Gasteiger partial charge on any atom is 0.182 e. The summed E-state index contributed by atoms with van der Waals surface area (Å²) in [6.45, 7) is 4.16. The molecule has 8 nitrogen and oxygen atoms in total. The van der Waals surface area contributed by atoms with Gasteiger partial charge in [-0.1, -0.05) is 0 Å². The molecule has 0 amide bonds. The lowest BCUT2D eigenvalue weighted by molar-refractivity contribution is 0.355. The second kappa shape index (κ2) is 6.84. The predicted octanol–water partition coefficient (Wildman–Crippen LogP) is 3.76. The highest BCUT2D eigenvalue weighted by atomic mass is 16.5. The van der Waals surface area contributed by atoms with Gasteiger partial charge in [0.05, 0.1) is 31.5 Å². The lowest BCUT2D eigenvalue weighted by atomic mass is 10.2. The number of hydrogen-bond acceptors (Lipinski definition) is 6. The molecule has 0 aliphatic carbocycles. The van der Waals surface area contributed by atoms with Crippen LogP contribution in [0.15, 0.2) is 49.1 Å². The summed E-state index contributed by atoms with van der Waals surface area (Å²) in [5, 5.41) is 5.61. The number of aryl methyl sites for hydroxylation is 1. The zero-order chi connectivity index (χ0) is 20.8. The van der Waals surface area contributed by atoms with Crippen molar-refractivity contribution in [3.63, 3.8) is 0 Å². The van der Waals surface area contributed by atoms with E-state index in [1.807, 2.05) is 36.5 Å².